The zero-order chi connectivity index (χ0) is 9.10. The van der Waals surface area contributed by atoms with E-state index in [-0.39, 0.29) is 0 Å². The third kappa shape index (κ3) is 2.49. The minimum atomic E-state index is 1.05. The largest absolute Gasteiger partial charge is 0.143 e. The highest BCUT2D eigenvalue weighted by Gasteiger charge is 2.29. The van der Waals surface area contributed by atoms with Crippen molar-refractivity contribution in [2.24, 2.45) is 5.92 Å². The highest BCUT2D eigenvalue weighted by atomic mass is 31.0. The van der Waals surface area contributed by atoms with Crippen molar-refractivity contribution >= 4 is 16.0 Å². The quantitative estimate of drug-likeness (QED) is 0.443. The second-order valence-electron chi connectivity index (χ2n) is 5.06. The lowest BCUT2D eigenvalue weighted by Gasteiger charge is -2.33. The maximum atomic E-state index is 2.98. The van der Waals surface area contributed by atoms with Crippen molar-refractivity contribution < 1.29 is 0 Å². The molecule has 74 valence electrons. The van der Waals surface area contributed by atoms with Gasteiger partial charge in [0.1, 0.15) is 6.71 Å². The number of fused-ring (bicyclic) bond motifs is 6. The highest BCUT2D eigenvalue weighted by molar-refractivity contribution is 7.16. The van der Waals surface area contributed by atoms with Crippen LogP contribution in [0.1, 0.15) is 38.5 Å². The topological polar surface area (TPSA) is 0 Å². The molecular weight excluding hydrogens is 174 g/mol. The first kappa shape index (κ1) is 10.0. The zero-order valence-corrected chi connectivity index (χ0v) is 9.83. The van der Waals surface area contributed by atoms with Gasteiger partial charge in [0, 0.05) is 0 Å². The number of hydrogen-bond donors (Lipinski definition) is 0. The molecule has 3 fully saturated rings. The summed E-state index contributed by atoms with van der Waals surface area (Å²) in [5.41, 5.74) is 0. The van der Waals surface area contributed by atoms with Crippen LogP contribution >= 0.6 is 9.24 Å². The Morgan fingerprint density at radius 3 is 2.31 bits per heavy atom. The van der Waals surface area contributed by atoms with Crippen molar-refractivity contribution in [1.82, 2.24) is 0 Å². The first-order chi connectivity index (χ1) is 6.40. The molecule has 3 saturated heterocycles. The van der Waals surface area contributed by atoms with E-state index in [1.165, 1.54) is 44.5 Å². The Bertz CT molecular complexity index is 150. The van der Waals surface area contributed by atoms with Crippen LogP contribution in [0.2, 0.25) is 18.5 Å². The van der Waals surface area contributed by atoms with Crippen LogP contribution in [0.4, 0.5) is 0 Å². The molecule has 0 saturated carbocycles. The van der Waals surface area contributed by atoms with Crippen molar-refractivity contribution in [1.29, 1.82) is 0 Å². The van der Waals surface area contributed by atoms with Crippen molar-refractivity contribution in [3.05, 3.63) is 0 Å². The average molecular weight is 196 g/mol. The van der Waals surface area contributed by atoms with Crippen LogP contribution in [-0.2, 0) is 0 Å². The first-order valence-electron chi connectivity index (χ1n) is 6.10. The Balaban J connectivity index is 2.02. The van der Waals surface area contributed by atoms with Gasteiger partial charge in [0.15, 0.2) is 0 Å². The molecule has 0 aromatic rings. The molecule has 0 aromatic heterocycles. The van der Waals surface area contributed by atoms with Gasteiger partial charge in [0.2, 0.25) is 0 Å². The summed E-state index contributed by atoms with van der Waals surface area (Å²) < 4.78 is 0. The van der Waals surface area contributed by atoms with E-state index in [0.29, 0.717) is 0 Å². The monoisotopic (exact) mass is 196 g/mol. The maximum Gasteiger partial charge on any atom is 0.143 e. The molecule has 2 heteroatoms. The fourth-order valence-corrected chi connectivity index (χ4v) is 4.00. The van der Waals surface area contributed by atoms with Crippen molar-refractivity contribution in [3.8, 4) is 0 Å². The van der Waals surface area contributed by atoms with Gasteiger partial charge in [0.25, 0.3) is 0 Å². The van der Waals surface area contributed by atoms with E-state index in [4.69, 9.17) is 0 Å². The van der Waals surface area contributed by atoms with Gasteiger partial charge in [0.05, 0.1) is 0 Å². The molecule has 3 heterocycles. The van der Waals surface area contributed by atoms with E-state index in [0.717, 1.165) is 18.4 Å². The maximum absolute atomic E-state index is 2.98. The normalized spacial score (nSPS) is 35.3. The molecule has 3 aliphatic rings. The summed E-state index contributed by atoms with van der Waals surface area (Å²) >= 11 is 0. The number of rotatable bonds is 1. The Kier molecular flexibility index (Phi) is 3.72. The summed E-state index contributed by atoms with van der Waals surface area (Å²) in [5, 5.41) is 0. The molecule has 2 unspecified atom stereocenters. The van der Waals surface area contributed by atoms with E-state index in [1.54, 1.807) is 12.8 Å². The van der Waals surface area contributed by atoms with Crippen LogP contribution in [-0.4, -0.2) is 12.9 Å². The van der Waals surface area contributed by atoms with Crippen LogP contribution in [0.25, 0.3) is 0 Å². The predicted molar refractivity (Wildman–Crippen MR) is 64.9 cm³/mol. The van der Waals surface area contributed by atoms with E-state index in [2.05, 4.69) is 9.24 Å². The Morgan fingerprint density at radius 1 is 1.00 bits per heavy atom. The molecule has 3 rings (SSSR count). The molecule has 0 spiro atoms. The number of hydrogen-bond acceptors (Lipinski definition) is 0. The second-order valence-corrected chi connectivity index (χ2v) is 5.53. The molecule has 0 nitrogen and oxygen atoms in total. The van der Waals surface area contributed by atoms with E-state index in [1.807, 2.05) is 0 Å². The summed E-state index contributed by atoms with van der Waals surface area (Å²) in [6, 6.07) is 0. The van der Waals surface area contributed by atoms with Crippen LogP contribution in [0, 0.1) is 5.92 Å². The van der Waals surface area contributed by atoms with Gasteiger partial charge in [-0.15, -0.1) is 9.24 Å². The second kappa shape index (κ2) is 4.83. The molecule has 0 N–H and O–H groups in total. The molecule has 0 amide bonds. The molecular formula is C11H22BP. The Labute approximate surface area is 85.5 Å². The molecule has 0 aliphatic carbocycles. The van der Waals surface area contributed by atoms with Gasteiger partial charge in [-0.2, -0.15) is 0 Å². The molecule has 0 aromatic carbocycles. The third-order valence-corrected chi connectivity index (χ3v) is 4.90. The molecule has 3 aliphatic heterocycles. The van der Waals surface area contributed by atoms with Gasteiger partial charge in [-0.05, 0) is 12.1 Å². The average Bonchev–Trinajstić information content (AvgIpc) is 2.01. The minimum absolute atomic E-state index is 1.05. The standard InChI is InChI=1S/C11H22BP/c13-9-11-6-5-10-3-1-7-12(11)8-2-4-10/h10-11H,1-9,13H2. The molecule has 0 radical (unpaired) electrons. The predicted octanol–water partition coefficient (Wildman–Crippen LogP) is 3.71. The fraction of sp³-hybridized carbons (Fsp3) is 1.00. The molecule has 2 bridgehead atoms. The van der Waals surface area contributed by atoms with Crippen LogP contribution in [0.5, 0.6) is 0 Å². The van der Waals surface area contributed by atoms with E-state index < -0.39 is 0 Å². The minimum Gasteiger partial charge on any atom is -0.138 e. The van der Waals surface area contributed by atoms with E-state index in [9.17, 15) is 0 Å². The van der Waals surface area contributed by atoms with Crippen LogP contribution in [0.15, 0.2) is 0 Å². The van der Waals surface area contributed by atoms with Gasteiger partial charge < -0.3 is 0 Å². The third-order valence-electron chi connectivity index (χ3n) is 4.29. The highest BCUT2D eigenvalue weighted by Crippen LogP contribution is 2.38. The van der Waals surface area contributed by atoms with Crippen molar-refractivity contribution in [3.63, 3.8) is 0 Å². The van der Waals surface area contributed by atoms with Gasteiger partial charge in [-0.3, -0.25) is 0 Å². The molecule has 13 heavy (non-hydrogen) atoms. The lowest BCUT2D eigenvalue weighted by atomic mass is 9.34. The van der Waals surface area contributed by atoms with Gasteiger partial charge in [-0.25, -0.2) is 0 Å². The van der Waals surface area contributed by atoms with Gasteiger partial charge >= 0.3 is 0 Å². The van der Waals surface area contributed by atoms with Crippen molar-refractivity contribution in [2.45, 2.75) is 57.0 Å². The lowest BCUT2D eigenvalue weighted by Crippen LogP contribution is -2.27. The fourth-order valence-electron chi connectivity index (χ4n) is 3.38. The van der Waals surface area contributed by atoms with E-state index >= 15 is 0 Å². The summed E-state index contributed by atoms with van der Waals surface area (Å²) in [5.74, 6) is 2.15. The Hall–Kier alpha value is 0.495. The Morgan fingerprint density at radius 2 is 1.69 bits per heavy atom. The summed E-state index contributed by atoms with van der Waals surface area (Å²) in [6.45, 7) is 1.08. The molecule has 2 atom stereocenters. The zero-order valence-electron chi connectivity index (χ0n) is 8.67. The van der Waals surface area contributed by atoms with Crippen LogP contribution < -0.4 is 0 Å². The summed E-state index contributed by atoms with van der Waals surface area (Å²) in [6.07, 6.45) is 13.6. The van der Waals surface area contributed by atoms with Crippen molar-refractivity contribution in [2.75, 3.05) is 6.16 Å². The summed E-state index contributed by atoms with van der Waals surface area (Å²) in [4.78, 5) is 0. The SMILES string of the molecule is PCC1CCC2CCCB1CCC2. The lowest BCUT2D eigenvalue weighted by molar-refractivity contribution is 0.377. The van der Waals surface area contributed by atoms with Gasteiger partial charge in [-0.1, -0.05) is 57.0 Å². The first-order valence-corrected chi connectivity index (χ1v) is 6.92. The van der Waals surface area contributed by atoms with Crippen LogP contribution in [0.3, 0.4) is 0 Å². The smallest absolute Gasteiger partial charge is 0.138 e. The summed E-state index contributed by atoms with van der Waals surface area (Å²) in [7, 11) is 2.98.